The Balaban J connectivity index is 2.24. The summed E-state index contributed by atoms with van der Waals surface area (Å²) in [6.07, 6.45) is 1.84. The van der Waals surface area contributed by atoms with Gasteiger partial charge in [-0.2, -0.15) is 0 Å². The molecule has 2 N–H and O–H groups in total. The maximum atomic E-state index is 11.6. The molecule has 0 aliphatic rings. The minimum atomic E-state index is 0.0446. The van der Waals surface area contributed by atoms with Crippen LogP contribution in [0, 0.1) is 0 Å². The first-order valence-electron chi connectivity index (χ1n) is 6.78. The fraction of sp³-hybridized carbons (Fsp3) is 0.533. The molecule has 1 aromatic carbocycles. The molecule has 0 radical (unpaired) electrons. The van der Waals surface area contributed by atoms with Crippen molar-refractivity contribution in [1.82, 2.24) is 10.6 Å². The third-order valence-electron chi connectivity index (χ3n) is 3.09. The fourth-order valence-corrected chi connectivity index (χ4v) is 1.65. The molecule has 1 unspecified atom stereocenters. The van der Waals surface area contributed by atoms with Crippen LogP contribution in [0.4, 0.5) is 0 Å². The van der Waals surface area contributed by atoms with Gasteiger partial charge in [0.2, 0.25) is 5.91 Å². The molecule has 0 aliphatic heterocycles. The predicted octanol–water partition coefficient (Wildman–Crippen LogP) is 1.74. The number of methoxy groups -OCH3 is 1. The molecule has 0 spiro atoms. The molecule has 4 heteroatoms. The third-order valence-corrected chi connectivity index (χ3v) is 3.09. The number of nitrogens with one attached hydrogen (secondary N) is 2. The van der Waals surface area contributed by atoms with Crippen molar-refractivity contribution in [2.24, 2.45) is 0 Å². The first-order chi connectivity index (χ1) is 9.15. The van der Waals surface area contributed by atoms with Crippen molar-refractivity contribution in [2.75, 3.05) is 20.2 Å². The Morgan fingerprint density at radius 2 is 2.21 bits per heavy atom. The number of ether oxygens (including phenoxy) is 1. The standard InChI is InChI=1S/C15H24N2O2/c1-4-12(2)17-11-15(18)16-9-8-13-6-5-7-14(10-13)19-3/h5-7,10,12,17H,4,8-9,11H2,1-3H3,(H,16,18). The zero-order valence-corrected chi connectivity index (χ0v) is 12.0. The van der Waals surface area contributed by atoms with E-state index in [0.29, 0.717) is 19.1 Å². The highest BCUT2D eigenvalue weighted by atomic mass is 16.5. The van der Waals surface area contributed by atoms with Crippen molar-refractivity contribution in [1.29, 1.82) is 0 Å². The van der Waals surface area contributed by atoms with Crippen LogP contribution in [0.2, 0.25) is 0 Å². The third kappa shape index (κ3) is 6.25. The van der Waals surface area contributed by atoms with Crippen LogP contribution in [0.5, 0.6) is 5.75 Å². The van der Waals surface area contributed by atoms with Crippen molar-refractivity contribution in [3.63, 3.8) is 0 Å². The first kappa shape index (κ1) is 15.5. The molecular formula is C15H24N2O2. The molecule has 1 rings (SSSR count). The first-order valence-corrected chi connectivity index (χ1v) is 6.78. The van der Waals surface area contributed by atoms with E-state index in [9.17, 15) is 4.79 Å². The van der Waals surface area contributed by atoms with Gasteiger partial charge >= 0.3 is 0 Å². The monoisotopic (exact) mass is 264 g/mol. The minimum absolute atomic E-state index is 0.0446. The molecular weight excluding hydrogens is 240 g/mol. The Morgan fingerprint density at radius 3 is 2.89 bits per heavy atom. The molecule has 1 aromatic rings. The van der Waals surface area contributed by atoms with Gasteiger partial charge < -0.3 is 15.4 Å². The number of carbonyl (C=O) groups is 1. The van der Waals surface area contributed by atoms with E-state index in [1.807, 2.05) is 24.3 Å². The van der Waals surface area contributed by atoms with Gasteiger partial charge in [-0.1, -0.05) is 19.1 Å². The molecule has 0 saturated carbocycles. The Kier molecular flexibility index (Phi) is 6.97. The second-order valence-electron chi connectivity index (χ2n) is 4.64. The molecule has 19 heavy (non-hydrogen) atoms. The molecule has 0 fully saturated rings. The van der Waals surface area contributed by atoms with Gasteiger partial charge in [0.25, 0.3) is 0 Å². The highest BCUT2D eigenvalue weighted by Gasteiger charge is 2.03. The summed E-state index contributed by atoms with van der Waals surface area (Å²) in [5.41, 5.74) is 1.16. The summed E-state index contributed by atoms with van der Waals surface area (Å²) >= 11 is 0. The fourth-order valence-electron chi connectivity index (χ4n) is 1.65. The second kappa shape index (κ2) is 8.53. The van der Waals surface area contributed by atoms with Crippen LogP contribution in [-0.2, 0) is 11.2 Å². The smallest absolute Gasteiger partial charge is 0.233 e. The van der Waals surface area contributed by atoms with E-state index in [0.717, 1.165) is 24.2 Å². The SMILES string of the molecule is CCC(C)NCC(=O)NCCc1cccc(OC)c1. The molecule has 0 saturated heterocycles. The number of amides is 1. The van der Waals surface area contributed by atoms with Crippen molar-refractivity contribution < 1.29 is 9.53 Å². The molecule has 4 nitrogen and oxygen atoms in total. The highest BCUT2D eigenvalue weighted by Crippen LogP contribution is 2.12. The highest BCUT2D eigenvalue weighted by molar-refractivity contribution is 5.78. The van der Waals surface area contributed by atoms with E-state index in [1.165, 1.54) is 0 Å². The summed E-state index contributed by atoms with van der Waals surface area (Å²) in [7, 11) is 1.65. The lowest BCUT2D eigenvalue weighted by Crippen LogP contribution is -2.38. The summed E-state index contributed by atoms with van der Waals surface area (Å²) in [5.74, 6) is 0.894. The van der Waals surface area contributed by atoms with E-state index in [-0.39, 0.29) is 5.91 Å². The van der Waals surface area contributed by atoms with Gasteiger partial charge in [0, 0.05) is 12.6 Å². The van der Waals surface area contributed by atoms with E-state index >= 15 is 0 Å². The molecule has 0 aliphatic carbocycles. The summed E-state index contributed by atoms with van der Waals surface area (Å²) in [6.45, 7) is 5.20. The predicted molar refractivity (Wildman–Crippen MR) is 77.5 cm³/mol. The molecule has 0 aromatic heterocycles. The average Bonchev–Trinajstić information content (AvgIpc) is 2.45. The number of rotatable bonds is 8. The van der Waals surface area contributed by atoms with Gasteiger partial charge in [-0.3, -0.25) is 4.79 Å². The van der Waals surface area contributed by atoms with Gasteiger partial charge in [-0.05, 0) is 37.5 Å². The Labute approximate surface area is 115 Å². The van der Waals surface area contributed by atoms with Crippen molar-refractivity contribution in [3.05, 3.63) is 29.8 Å². The lowest BCUT2D eigenvalue weighted by Gasteiger charge is -2.11. The van der Waals surface area contributed by atoms with Gasteiger partial charge in [0.05, 0.1) is 13.7 Å². The summed E-state index contributed by atoms with van der Waals surface area (Å²) in [5, 5.41) is 6.07. The Bertz CT molecular complexity index is 393. The molecule has 0 heterocycles. The van der Waals surface area contributed by atoms with E-state index in [2.05, 4.69) is 24.5 Å². The van der Waals surface area contributed by atoms with Crippen molar-refractivity contribution in [3.8, 4) is 5.75 Å². The largest absolute Gasteiger partial charge is 0.497 e. The number of benzene rings is 1. The van der Waals surface area contributed by atoms with Crippen LogP contribution >= 0.6 is 0 Å². The summed E-state index contributed by atoms with van der Waals surface area (Å²) in [6, 6.07) is 8.28. The maximum absolute atomic E-state index is 11.6. The van der Waals surface area contributed by atoms with E-state index in [1.54, 1.807) is 7.11 Å². The molecule has 1 amide bonds. The average molecular weight is 264 g/mol. The van der Waals surface area contributed by atoms with Gasteiger partial charge in [0.15, 0.2) is 0 Å². The van der Waals surface area contributed by atoms with E-state index in [4.69, 9.17) is 4.74 Å². The van der Waals surface area contributed by atoms with Gasteiger partial charge in [-0.15, -0.1) is 0 Å². The molecule has 106 valence electrons. The topological polar surface area (TPSA) is 50.4 Å². The Morgan fingerprint density at radius 1 is 1.42 bits per heavy atom. The summed E-state index contributed by atoms with van der Waals surface area (Å²) < 4.78 is 5.16. The van der Waals surface area contributed by atoms with Gasteiger partial charge in [0.1, 0.15) is 5.75 Å². The van der Waals surface area contributed by atoms with Crippen LogP contribution in [0.15, 0.2) is 24.3 Å². The number of hydrogen-bond acceptors (Lipinski definition) is 3. The quantitative estimate of drug-likeness (QED) is 0.752. The van der Waals surface area contributed by atoms with Crippen LogP contribution in [0.1, 0.15) is 25.8 Å². The summed E-state index contributed by atoms with van der Waals surface area (Å²) in [4.78, 5) is 11.6. The van der Waals surface area contributed by atoms with Crippen molar-refractivity contribution in [2.45, 2.75) is 32.7 Å². The van der Waals surface area contributed by atoms with Crippen molar-refractivity contribution >= 4 is 5.91 Å². The minimum Gasteiger partial charge on any atom is -0.497 e. The van der Waals surface area contributed by atoms with Crippen LogP contribution < -0.4 is 15.4 Å². The lowest BCUT2D eigenvalue weighted by molar-refractivity contribution is -0.120. The van der Waals surface area contributed by atoms with Crippen LogP contribution in [-0.4, -0.2) is 32.1 Å². The zero-order chi connectivity index (χ0) is 14.1. The second-order valence-corrected chi connectivity index (χ2v) is 4.64. The zero-order valence-electron chi connectivity index (χ0n) is 12.0. The number of hydrogen-bond donors (Lipinski definition) is 2. The normalized spacial score (nSPS) is 11.9. The van der Waals surface area contributed by atoms with Gasteiger partial charge in [-0.25, -0.2) is 0 Å². The maximum Gasteiger partial charge on any atom is 0.233 e. The molecule has 0 bridgehead atoms. The number of carbonyl (C=O) groups excluding carboxylic acids is 1. The lowest BCUT2D eigenvalue weighted by atomic mass is 10.1. The van der Waals surface area contributed by atoms with E-state index < -0.39 is 0 Å². The molecule has 1 atom stereocenters. The van der Waals surface area contributed by atoms with Crippen LogP contribution in [0.3, 0.4) is 0 Å². The Hall–Kier alpha value is -1.55. The van der Waals surface area contributed by atoms with Crippen LogP contribution in [0.25, 0.3) is 0 Å².